The maximum atomic E-state index is 13.7. The second kappa shape index (κ2) is 8.53. The fraction of sp³-hybridized carbons (Fsp3) is 0.333. The molecule has 0 unspecified atom stereocenters. The maximum Gasteiger partial charge on any atom is 0.264 e. The van der Waals surface area contributed by atoms with Crippen molar-refractivity contribution in [1.82, 2.24) is 14.4 Å². The molecule has 0 spiro atoms. The largest absolute Gasteiger partial charge is 0.484 e. The Morgan fingerprint density at radius 3 is 2.53 bits per heavy atom. The van der Waals surface area contributed by atoms with E-state index in [9.17, 15) is 12.8 Å². The molecule has 0 N–H and O–H groups in total. The number of nitrogens with zero attached hydrogens (tertiary/aromatic N) is 3. The van der Waals surface area contributed by atoms with E-state index in [2.05, 4.69) is 10.1 Å². The average Bonchev–Trinajstić information content (AvgIpc) is 3.24. The van der Waals surface area contributed by atoms with Gasteiger partial charge in [-0.25, -0.2) is 12.8 Å². The summed E-state index contributed by atoms with van der Waals surface area (Å²) in [6.45, 7) is 2.81. The Morgan fingerprint density at radius 2 is 1.83 bits per heavy atom. The molecule has 0 amide bonds. The molecule has 1 aliphatic rings. The zero-order valence-corrected chi connectivity index (χ0v) is 17.4. The highest BCUT2D eigenvalue weighted by Crippen LogP contribution is 2.24. The molecular weight excluding hydrogens is 409 g/mol. The van der Waals surface area contributed by atoms with E-state index in [-0.39, 0.29) is 29.0 Å². The van der Waals surface area contributed by atoms with Gasteiger partial charge in [-0.2, -0.15) is 9.29 Å². The highest BCUT2D eigenvalue weighted by atomic mass is 32.2. The summed E-state index contributed by atoms with van der Waals surface area (Å²) >= 11 is 0. The summed E-state index contributed by atoms with van der Waals surface area (Å²) in [5.74, 6) is 0.648. The third-order valence-corrected chi connectivity index (χ3v) is 6.95. The highest BCUT2D eigenvalue weighted by Gasteiger charge is 2.25. The normalized spacial score (nSPS) is 15.3. The Kier molecular flexibility index (Phi) is 5.83. The molecule has 0 bridgehead atoms. The van der Waals surface area contributed by atoms with Gasteiger partial charge in [0.1, 0.15) is 11.6 Å². The van der Waals surface area contributed by atoms with Crippen LogP contribution in [0.4, 0.5) is 4.39 Å². The van der Waals surface area contributed by atoms with Gasteiger partial charge in [-0.3, -0.25) is 0 Å². The van der Waals surface area contributed by atoms with Crippen LogP contribution in [0.3, 0.4) is 0 Å². The van der Waals surface area contributed by atoms with E-state index in [0.29, 0.717) is 30.0 Å². The summed E-state index contributed by atoms with van der Waals surface area (Å²) in [5, 5.41) is 3.85. The molecule has 1 saturated heterocycles. The van der Waals surface area contributed by atoms with Crippen molar-refractivity contribution in [3.05, 3.63) is 59.7 Å². The topological polar surface area (TPSA) is 85.5 Å². The maximum absolute atomic E-state index is 13.7. The van der Waals surface area contributed by atoms with Crippen LogP contribution in [0.1, 0.15) is 30.7 Å². The third-order valence-electron chi connectivity index (χ3n) is 5.04. The molecule has 7 nitrogen and oxygen atoms in total. The van der Waals surface area contributed by atoms with Crippen LogP contribution in [0.2, 0.25) is 0 Å². The van der Waals surface area contributed by atoms with Crippen molar-refractivity contribution in [1.29, 1.82) is 0 Å². The van der Waals surface area contributed by atoms with Gasteiger partial charge in [0.2, 0.25) is 15.8 Å². The number of benzene rings is 2. The molecule has 9 heteroatoms. The van der Waals surface area contributed by atoms with Crippen LogP contribution in [0.5, 0.6) is 5.75 Å². The van der Waals surface area contributed by atoms with Gasteiger partial charge in [-0.05, 0) is 55.7 Å². The summed E-state index contributed by atoms with van der Waals surface area (Å²) in [6.07, 6.45) is 2.85. The first-order chi connectivity index (χ1) is 14.4. The summed E-state index contributed by atoms with van der Waals surface area (Å²) in [4.78, 5) is 4.46. The van der Waals surface area contributed by atoms with E-state index in [1.165, 1.54) is 22.5 Å². The second-order valence-electron chi connectivity index (χ2n) is 7.20. The van der Waals surface area contributed by atoms with E-state index in [1.807, 2.05) is 0 Å². The van der Waals surface area contributed by atoms with E-state index in [0.717, 1.165) is 19.3 Å². The van der Waals surface area contributed by atoms with Crippen LogP contribution in [0.15, 0.2) is 51.9 Å². The Bertz CT molecular complexity index is 1120. The molecule has 158 valence electrons. The molecule has 2 aromatic carbocycles. The first-order valence-corrected chi connectivity index (χ1v) is 11.2. The molecular formula is C21H22FN3O4S. The van der Waals surface area contributed by atoms with E-state index in [4.69, 9.17) is 9.26 Å². The molecule has 0 atom stereocenters. The smallest absolute Gasteiger partial charge is 0.264 e. The monoisotopic (exact) mass is 431 g/mol. The Labute approximate surface area is 174 Å². The average molecular weight is 431 g/mol. The van der Waals surface area contributed by atoms with Gasteiger partial charge < -0.3 is 9.26 Å². The van der Waals surface area contributed by atoms with Gasteiger partial charge in [0.05, 0.1) is 4.90 Å². The molecule has 4 rings (SSSR count). The highest BCUT2D eigenvalue weighted by molar-refractivity contribution is 7.89. The number of ether oxygens (including phenoxy) is 1. The lowest BCUT2D eigenvalue weighted by molar-refractivity contribution is 0.243. The summed E-state index contributed by atoms with van der Waals surface area (Å²) in [7, 11) is -3.47. The van der Waals surface area contributed by atoms with Gasteiger partial charge in [-0.15, -0.1) is 0 Å². The van der Waals surface area contributed by atoms with Crippen molar-refractivity contribution in [2.45, 2.75) is 37.7 Å². The number of halogens is 1. The van der Waals surface area contributed by atoms with Crippen molar-refractivity contribution in [3.8, 4) is 17.1 Å². The predicted octanol–water partition coefficient (Wildman–Crippen LogP) is 3.94. The number of rotatable bonds is 6. The number of aryl methyl sites for hydroxylation is 1. The van der Waals surface area contributed by atoms with Gasteiger partial charge in [-0.1, -0.05) is 23.7 Å². The van der Waals surface area contributed by atoms with E-state index in [1.54, 1.807) is 31.2 Å². The van der Waals surface area contributed by atoms with Crippen molar-refractivity contribution in [2.75, 3.05) is 13.1 Å². The van der Waals surface area contributed by atoms with Crippen LogP contribution in [0.25, 0.3) is 11.4 Å². The standard InChI is InChI=1S/C21H22FN3O4S/c1-15-5-6-16(13-19(15)22)21-23-20(29-24-21)14-28-17-7-9-18(10-8-17)30(26,27)25-11-3-2-4-12-25/h5-10,13H,2-4,11-12,14H2,1H3. The quantitative estimate of drug-likeness (QED) is 0.588. The summed E-state index contributed by atoms with van der Waals surface area (Å²) in [5.41, 5.74) is 1.05. The molecule has 0 aliphatic carbocycles. The molecule has 0 radical (unpaired) electrons. The van der Waals surface area contributed by atoms with Crippen molar-refractivity contribution in [2.24, 2.45) is 0 Å². The van der Waals surface area contributed by atoms with Gasteiger partial charge in [0, 0.05) is 18.7 Å². The summed E-state index contributed by atoms with van der Waals surface area (Å²) < 4.78 is 51.4. The Hall–Kier alpha value is -2.78. The zero-order chi connectivity index (χ0) is 21.1. The van der Waals surface area contributed by atoms with Crippen molar-refractivity contribution in [3.63, 3.8) is 0 Å². The lowest BCUT2D eigenvalue weighted by Gasteiger charge is -2.25. The third kappa shape index (κ3) is 4.36. The van der Waals surface area contributed by atoms with Crippen molar-refractivity contribution < 1.29 is 22.1 Å². The molecule has 0 saturated carbocycles. The van der Waals surface area contributed by atoms with E-state index < -0.39 is 10.0 Å². The molecule has 3 aromatic rings. The predicted molar refractivity (Wildman–Crippen MR) is 108 cm³/mol. The minimum atomic E-state index is -3.47. The minimum absolute atomic E-state index is 0.0135. The molecule has 1 aromatic heterocycles. The van der Waals surface area contributed by atoms with E-state index >= 15 is 0 Å². The summed E-state index contributed by atoms with van der Waals surface area (Å²) in [6, 6.07) is 11.0. The number of sulfonamides is 1. The van der Waals surface area contributed by atoms with Crippen LogP contribution in [-0.2, 0) is 16.6 Å². The lowest BCUT2D eigenvalue weighted by atomic mass is 10.1. The number of aromatic nitrogens is 2. The van der Waals surface area contributed by atoms with Gasteiger partial charge >= 0.3 is 0 Å². The first kappa shape index (κ1) is 20.5. The fourth-order valence-electron chi connectivity index (χ4n) is 3.27. The van der Waals surface area contributed by atoms with Crippen LogP contribution in [0, 0.1) is 12.7 Å². The molecule has 2 heterocycles. The lowest BCUT2D eigenvalue weighted by Crippen LogP contribution is -2.35. The fourth-order valence-corrected chi connectivity index (χ4v) is 4.79. The van der Waals surface area contributed by atoms with Crippen molar-refractivity contribution >= 4 is 10.0 Å². The Balaban J connectivity index is 1.40. The number of hydrogen-bond donors (Lipinski definition) is 0. The Morgan fingerprint density at radius 1 is 1.10 bits per heavy atom. The molecule has 30 heavy (non-hydrogen) atoms. The van der Waals surface area contributed by atoms with Crippen LogP contribution >= 0.6 is 0 Å². The number of hydrogen-bond acceptors (Lipinski definition) is 6. The van der Waals surface area contributed by atoms with Crippen LogP contribution < -0.4 is 4.74 Å². The number of piperidine rings is 1. The van der Waals surface area contributed by atoms with Crippen LogP contribution in [-0.4, -0.2) is 36.0 Å². The molecule has 1 fully saturated rings. The SMILES string of the molecule is Cc1ccc(-c2noc(COc3ccc(S(=O)(=O)N4CCCCC4)cc3)n2)cc1F. The first-order valence-electron chi connectivity index (χ1n) is 9.75. The van der Waals surface area contributed by atoms with Gasteiger partial charge in [0.25, 0.3) is 5.89 Å². The second-order valence-corrected chi connectivity index (χ2v) is 9.14. The van der Waals surface area contributed by atoms with Gasteiger partial charge in [0.15, 0.2) is 6.61 Å². The molecule has 1 aliphatic heterocycles. The minimum Gasteiger partial charge on any atom is -0.484 e. The zero-order valence-electron chi connectivity index (χ0n) is 16.5.